The zero-order valence-corrected chi connectivity index (χ0v) is 14.9. The molecule has 0 fully saturated rings. The summed E-state index contributed by atoms with van der Waals surface area (Å²) in [5.74, 6) is -0.371. The van der Waals surface area contributed by atoms with Gasteiger partial charge in [-0.25, -0.2) is 0 Å². The Morgan fingerprint density at radius 1 is 1.08 bits per heavy atom. The van der Waals surface area contributed by atoms with Crippen molar-refractivity contribution in [1.82, 2.24) is 0 Å². The lowest BCUT2D eigenvalue weighted by atomic mass is 10.0. The van der Waals surface area contributed by atoms with Gasteiger partial charge in [-0.15, -0.1) is 22.6 Å². The van der Waals surface area contributed by atoms with Gasteiger partial charge in [0, 0.05) is 23.1 Å². The van der Waals surface area contributed by atoms with Gasteiger partial charge in [-0.1, -0.05) is 41.9 Å². The van der Waals surface area contributed by atoms with Crippen molar-refractivity contribution in [2.75, 3.05) is 5.32 Å². The maximum Gasteiger partial charge on any atom is 0.221 e. The van der Waals surface area contributed by atoms with E-state index < -0.39 is 0 Å². The molecule has 2 aromatic carbocycles. The molecule has 2 aromatic rings. The summed E-state index contributed by atoms with van der Waals surface area (Å²) in [4.78, 5) is 11.4. The van der Waals surface area contributed by atoms with Crippen molar-refractivity contribution in [3.05, 3.63) is 64.7 Å². The molecule has 0 aliphatic carbocycles. The lowest BCUT2D eigenvalue weighted by Crippen LogP contribution is -2.22. The summed E-state index contributed by atoms with van der Waals surface area (Å²) in [7, 11) is 0. The van der Waals surface area contributed by atoms with Crippen LogP contribution >= 0.6 is 24.0 Å². The first-order valence-electron chi connectivity index (χ1n) is 6.77. The fourth-order valence-electron chi connectivity index (χ4n) is 1.98. The molecule has 7 nitrogen and oxygen atoms in total. The van der Waals surface area contributed by atoms with Crippen LogP contribution in [0.2, 0.25) is 5.02 Å². The summed E-state index contributed by atoms with van der Waals surface area (Å²) in [6, 6.07) is 14.4. The summed E-state index contributed by atoms with van der Waals surface area (Å²) in [5, 5.41) is 11.1. The minimum absolute atomic E-state index is 0. The smallest absolute Gasteiger partial charge is 0.221 e. The Labute approximate surface area is 156 Å². The SMILES string of the molecule is CC(=O)Nc1ccc(Cl)cc1/C(=N\N=C(N)N)c1ccccc1.Cl.O. The van der Waals surface area contributed by atoms with Gasteiger partial charge in [0.05, 0.1) is 5.69 Å². The number of guanidine groups is 1. The molecule has 0 unspecified atom stereocenters. The number of carbonyl (C=O) groups is 1. The zero-order valence-electron chi connectivity index (χ0n) is 13.4. The summed E-state index contributed by atoms with van der Waals surface area (Å²) < 4.78 is 0. The van der Waals surface area contributed by atoms with Gasteiger partial charge < -0.3 is 22.3 Å². The van der Waals surface area contributed by atoms with Crippen molar-refractivity contribution >= 4 is 47.3 Å². The molecule has 0 atom stereocenters. The number of nitrogens with two attached hydrogens (primary N) is 2. The lowest BCUT2D eigenvalue weighted by molar-refractivity contribution is -0.114. The van der Waals surface area contributed by atoms with Crippen LogP contribution in [-0.2, 0) is 4.79 Å². The molecular weight excluding hydrogens is 365 g/mol. The maximum atomic E-state index is 11.4. The number of hydrogen-bond acceptors (Lipinski definition) is 3. The van der Waals surface area contributed by atoms with Crippen LogP contribution in [0.25, 0.3) is 0 Å². The Balaban J connectivity index is 0.00000288. The normalized spacial score (nSPS) is 10.1. The predicted octanol–water partition coefficient (Wildman–Crippen LogP) is 1.92. The molecular formula is C16H19Cl2N5O2. The number of nitrogens with one attached hydrogen (secondary N) is 1. The first-order chi connectivity index (χ1) is 11.0. The zero-order chi connectivity index (χ0) is 16.8. The van der Waals surface area contributed by atoms with Crippen LogP contribution in [0.3, 0.4) is 0 Å². The van der Waals surface area contributed by atoms with Crippen LogP contribution in [0.4, 0.5) is 5.69 Å². The highest BCUT2D eigenvalue weighted by Gasteiger charge is 2.14. The number of amides is 1. The monoisotopic (exact) mass is 383 g/mol. The van der Waals surface area contributed by atoms with E-state index in [1.807, 2.05) is 30.3 Å². The molecule has 9 heteroatoms. The lowest BCUT2D eigenvalue weighted by Gasteiger charge is -2.12. The van der Waals surface area contributed by atoms with Crippen molar-refractivity contribution in [2.45, 2.75) is 6.92 Å². The van der Waals surface area contributed by atoms with E-state index in [0.717, 1.165) is 5.56 Å². The highest BCUT2D eigenvalue weighted by Crippen LogP contribution is 2.24. The summed E-state index contributed by atoms with van der Waals surface area (Å²) in [5.41, 5.74) is 13.2. The number of benzene rings is 2. The second kappa shape index (κ2) is 10.3. The standard InChI is InChI=1S/C16H16ClN5O.ClH.H2O/c1-10(23)20-14-8-7-12(17)9-13(14)15(21-22-16(18)19)11-5-3-2-4-6-11;;/h2-9H,1H3,(H,20,23)(H4,18,19,22);1H;1H2/b21-15-;;. The predicted molar refractivity (Wildman–Crippen MR) is 105 cm³/mol. The topological polar surface area (TPSA) is 137 Å². The van der Waals surface area contributed by atoms with E-state index in [-0.39, 0.29) is 29.7 Å². The summed E-state index contributed by atoms with van der Waals surface area (Å²) in [6.45, 7) is 1.42. The molecule has 25 heavy (non-hydrogen) atoms. The van der Waals surface area contributed by atoms with Crippen molar-refractivity contribution in [3.8, 4) is 0 Å². The molecule has 0 spiro atoms. The van der Waals surface area contributed by atoms with E-state index in [4.69, 9.17) is 23.1 Å². The van der Waals surface area contributed by atoms with Crippen molar-refractivity contribution in [3.63, 3.8) is 0 Å². The molecule has 0 aliphatic rings. The van der Waals surface area contributed by atoms with Gasteiger partial charge >= 0.3 is 0 Å². The Hall–Kier alpha value is -2.61. The quantitative estimate of drug-likeness (QED) is 0.422. The van der Waals surface area contributed by atoms with Crippen LogP contribution in [-0.4, -0.2) is 23.1 Å². The van der Waals surface area contributed by atoms with E-state index in [9.17, 15) is 4.79 Å². The fourth-order valence-corrected chi connectivity index (χ4v) is 2.15. The molecule has 0 bridgehead atoms. The molecule has 0 aliphatic heterocycles. The van der Waals surface area contributed by atoms with Gasteiger partial charge in [-0.3, -0.25) is 4.79 Å². The Morgan fingerprint density at radius 2 is 1.72 bits per heavy atom. The minimum atomic E-state index is -0.206. The van der Waals surface area contributed by atoms with Crippen molar-refractivity contribution in [2.24, 2.45) is 21.7 Å². The van der Waals surface area contributed by atoms with Gasteiger partial charge in [0.25, 0.3) is 0 Å². The van der Waals surface area contributed by atoms with E-state index in [1.54, 1.807) is 18.2 Å². The number of rotatable bonds is 4. The van der Waals surface area contributed by atoms with Crippen LogP contribution < -0.4 is 16.8 Å². The summed E-state index contributed by atoms with van der Waals surface area (Å²) >= 11 is 6.09. The Bertz CT molecular complexity index is 775. The molecule has 2 rings (SSSR count). The van der Waals surface area contributed by atoms with Crippen LogP contribution in [0, 0.1) is 0 Å². The average Bonchev–Trinajstić information content (AvgIpc) is 2.50. The van der Waals surface area contributed by atoms with E-state index >= 15 is 0 Å². The van der Waals surface area contributed by atoms with Crippen molar-refractivity contribution < 1.29 is 10.3 Å². The van der Waals surface area contributed by atoms with Crippen LogP contribution in [0.15, 0.2) is 58.7 Å². The van der Waals surface area contributed by atoms with Crippen molar-refractivity contribution in [1.29, 1.82) is 0 Å². The highest BCUT2D eigenvalue weighted by atomic mass is 35.5. The number of nitrogens with zero attached hydrogens (tertiary/aromatic N) is 2. The molecule has 0 radical (unpaired) electrons. The second-order valence-electron chi connectivity index (χ2n) is 4.71. The number of halogens is 2. The van der Waals surface area contributed by atoms with Gasteiger partial charge in [-0.05, 0) is 18.2 Å². The number of anilines is 1. The van der Waals surface area contributed by atoms with Crippen LogP contribution in [0.1, 0.15) is 18.1 Å². The molecule has 0 saturated carbocycles. The average molecular weight is 384 g/mol. The summed E-state index contributed by atoms with van der Waals surface area (Å²) in [6.07, 6.45) is 0. The second-order valence-corrected chi connectivity index (χ2v) is 5.15. The van der Waals surface area contributed by atoms with E-state index in [1.165, 1.54) is 6.92 Å². The van der Waals surface area contributed by atoms with E-state index in [0.29, 0.717) is 22.0 Å². The molecule has 0 saturated heterocycles. The fraction of sp³-hybridized carbons (Fsp3) is 0.0625. The van der Waals surface area contributed by atoms with Gasteiger partial charge in [0.1, 0.15) is 5.71 Å². The molecule has 7 N–H and O–H groups in total. The third-order valence-corrected chi connectivity index (χ3v) is 3.10. The largest absolute Gasteiger partial charge is 0.412 e. The van der Waals surface area contributed by atoms with Crippen LogP contribution in [0.5, 0.6) is 0 Å². The first kappa shape index (κ1) is 22.4. The highest BCUT2D eigenvalue weighted by molar-refractivity contribution is 6.31. The Morgan fingerprint density at radius 3 is 2.28 bits per heavy atom. The molecule has 0 heterocycles. The first-order valence-corrected chi connectivity index (χ1v) is 7.14. The molecule has 1 amide bonds. The van der Waals surface area contributed by atoms with Gasteiger partial charge in [0.15, 0.2) is 0 Å². The third kappa shape index (κ3) is 6.42. The van der Waals surface area contributed by atoms with Gasteiger partial charge in [0.2, 0.25) is 11.9 Å². The van der Waals surface area contributed by atoms with E-state index in [2.05, 4.69) is 15.5 Å². The third-order valence-electron chi connectivity index (χ3n) is 2.86. The maximum absolute atomic E-state index is 11.4. The number of carbonyl (C=O) groups excluding carboxylic acids is 1. The van der Waals surface area contributed by atoms with Gasteiger partial charge in [-0.2, -0.15) is 0 Å². The molecule has 0 aromatic heterocycles. The molecule has 134 valence electrons. The number of hydrogen-bond donors (Lipinski definition) is 3. The Kier molecular flexibility index (Phi) is 9.22. The minimum Gasteiger partial charge on any atom is -0.412 e.